The third-order valence-electron chi connectivity index (χ3n) is 5.61. The van der Waals surface area contributed by atoms with Gasteiger partial charge in [0.05, 0.1) is 19.3 Å². The number of aliphatic hydroxyl groups excluding tert-OH is 1. The van der Waals surface area contributed by atoms with Crippen molar-refractivity contribution in [3.63, 3.8) is 0 Å². The molecule has 0 saturated carbocycles. The van der Waals surface area contributed by atoms with Gasteiger partial charge in [-0.3, -0.25) is 9.89 Å². The maximum Gasteiger partial charge on any atom is 0.194 e. The molecule has 0 bridgehead atoms. The van der Waals surface area contributed by atoms with Gasteiger partial charge in [-0.15, -0.1) is 24.0 Å². The molecule has 2 aliphatic rings. The maximum absolute atomic E-state index is 10.6. The summed E-state index contributed by atoms with van der Waals surface area (Å²) >= 11 is 0. The normalized spacial score (nSPS) is 20.9. The van der Waals surface area contributed by atoms with Crippen molar-refractivity contribution in [2.75, 3.05) is 52.5 Å². The number of nitrogens with zero attached hydrogens (tertiary/aromatic N) is 3. The van der Waals surface area contributed by atoms with E-state index in [0.717, 1.165) is 64.7 Å². The molecule has 1 saturated heterocycles. The Morgan fingerprint density at radius 1 is 1.28 bits per heavy atom. The van der Waals surface area contributed by atoms with E-state index in [0.29, 0.717) is 19.0 Å². The molecule has 164 valence electrons. The number of fused-ring (bicyclic) bond motifs is 1. The van der Waals surface area contributed by atoms with Crippen molar-refractivity contribution >= 4 is 29.9 Å². The topological polar surface area (TPSA) is 60.3 Å². The molecule has 3 rings (SSSR count). The van der Waals surface area contributed by atoms with E-state index in [9.17, 15) is 5.11 Å². The molecule has 1 aromatic rings. The molecule has 0 aromatic heterocycles. The summed E-state index contributed by atoms with van der Waals surface area (Å²) in [5.41, 5.74) is 2.83. The number of aliphatic hydroxyl groups is 1. The van der Waals surface area contributed by atoms with Crippen LogP contribution in [0.15, 0.2) is 29.3 Å². The number of β-amino-alcohol motifs (C(OH)–C–C–N with tert-alkyl or cyclic N) is 1. The summed E-state index contributed by atoms with van der Waals surface area (Å²) < 4.78 is 5.58. The number of hydrogen-bond donors (Lipinski definition) is 2. The standard InChI is InChI=1S/C22H36N4O2.HI/c1-3-23-22(26-12-9-18(14-26)17-28-4-2)24-13-21(27)16-25-11-10-19-7-5-6-8-20(19)15-25;/h5-8,18,21,27H,3-4,9-17H2,1-2H3,(H,23,24);1H. The van der Waals surface area contributed by atoms with Crippen molar-refractivity contribution in [3.05, 3.63) is 35.4 Å². The molecule has 2 unspecified atom stereocenters. The Labute approximate surface area is 192 Å². The fourth-order valence-electron chi connectivity index (χ4n) is 4.13. The summed E-state index contributed by atoms with van der Waals surface area (Å²) in [4.78, 5) is 9.37. The van der Waals surface area contributed by atoms with E-state index in [-0.39, 0.29) is 24.0 Å². The van der Waals surface area contributed by atoms with E-state index in [4.69, 9.17) is 9.73 Å². The van der Waals surface area contributed by atoms with Crippen LogP contribution in [0.3, 0.4) is 0 Å². The van der Waals surface area contributed by atoms with E-state index in [1.54, 1.807) is 0 Å². The monoisotopic (exact) mass is 516 g/mol. The molecule has 2 aliphatic heterocycles. The largest absolute Gasteiger partial charge is 0.390 e. The predicted molar refractivity (Wildman–Crippen MR) is 129 cm³/mol. The van der Waals surface area contributed by atoms with Gasteiger partial charge in [0.15, 0.2) is 5.96 Å². The molecule has 7 heteroatoms. The second-order valence-corrected chi connectivity index (χ2v) is 7.86. The second kappa shape index (κ2) is 12.7. The quantitative estimate of drug-likeness (QED) is 0.316. The third kappa shape index (κ3) is 7.38. The summed E-state index contributed by atoms with van der Waals surface area (Å²) in [7, 11) is 0. The lowest BCUT2D eigenvalue weighted by atomic mass is 10.00. The molecule has 1 aromatic carbocycles. The number of aliphatic imine (C=N–C) groups is 1. The van der Waals surface area contributed by atoms with Crippen molar-refractivity contribution in [2.45, 2.75) is 39.3 Å². The minimum atomic E-state index is -0.444. The van der Waals surface area contributed by atoms with Crippen LogP contribution in [0.25, 0.3) is 0 Å². The van der Waals surface area contributed by atoms with Gasteiger partial charge in [0, 0.05) is 51.8 Å². The number of benzene rings is 1. The molecular formula is C22H37IN4O2. The van der Waals surface area contributed by atoms with Crippen LogP contribution in [-0.2, 0) is 17.7 Å². The molecule has 2 heterocycles. The zero-order chi connectivity index (χ0) is 19.8. The minimum absolute atomic E-state index is 0. The van der Waals surface area contributed by atoms with Crippen LogP contribution >= 0.6 is 24.0 Å². The molecule has 0 radical (unpaired) electrons. The van der Waals surface area contributed by atoms with E-state index in [1.165, 1.54) is 11.1 Å². The minimum Gasteiger partial charge on any atom is -0.390 e. The predicted octanol–water partition coefficient (Wildman–Crippen LogP) is 2.35. The zero-order valence-electron chi connectivity index (χ0n) is 17.8. The lowest BCUT2D eigenvalue weighted by molar-refractivity contribution is 0.111. The highest BCUT2D eigenvalue weighted by atomic mass is 127. The average molecular weight is 516 g/mol. The first-order valence-corrected chi connectivity index (χ1v) is 10.8. The zero-order valence-corrected chi connectivity index (χ0v) is 20.2. The lowest BCUT2D eigenvalue weighted by Crippen LogP contribution is -2.42. The summed E-state index contributed by atoms with van der Waals surface area (Å²) in [5, 5.41) is 13.9. The number of halogens is 1. The Morgan fingerprint density at radius 2 is 2.07 bits per heavy atom. The van der Waals surface area contributed by atoms with E-state index >= 15 is 0 Å². The third-order valence-corrected chi connectivity index (χ3v) is 5.61. The van der Waals surface area contributed by atoms with Crippen molar-refractivity contribution in [2.24, 2.45) is 10.9 Å². The number of guanidine groups is 1. The molecule has 0 aliphatic carbocycles. The van der Waals surface area contributed by atoms with E-state index in [1.807, 2.05) is 6.92 Å². The molecule has 29 heavy (non-hydrogen) atoms. The first-order chi connectivity index (χ1) is 13.7. The number of likely N-dealkylation sites (tertiary alicyclic amines) is 1. The van der Waals surface area contributed by atoms with Crippen LogP contribution in [0.1, 0.15) is 31.4 Å². The van der Waals surface area contributed by atoms with E-state index in [2.05, 4.69) is 46.3 Å². The Balaban J connectivity index is 0.00000300. The van der Waals surface area contributed by atoms with Crippen LogP contribution in [-0.4, -0.2) is 79.5 Å². The van der Waals surface area contributed by atoms with Gasteiger partial charge in [0.1, 0.15) is 0 Å². The van der Waals surface area contributed by atoms with Gasteiger partial charge in [-0.1, -0.05) is 24.3 Å². The number of nitrogens with one attached hydrogen (secondary N) is 1. The van der Waals surface area contributed by atoms with Crippen molar-refractivity contribution < 1.29 is 9.84 Å². The highest BCUT2D eigenvalue weighted by Gasteiger charge is 2.25. The molecule has 2 atom stereocenters. The van der Waals surface area contributed by atoms with Gasteiger partial charge in [0.25, 0.3) is 0 Å². The van der Waals surface area contributed by atoms with Gasteiger partial charge >= 0.3 is 0 Å². The summed E-state index contributed by atoms with van der Waals surface area (Å²) in [6.07, 6.45) is 1.75. The fourth-order valence-corrected chi connectivity index (χ4v) is 4.13. The van der Waals surface area contributed by atoms with Crippen LogP contribution in [0.5, 0.6) is 0 Å². The first-order valence-electron chi connectivity index (χ1n) is 10.8. The average Bonchev–Trinajstić information content (AvgIpc) is 3.18. The van der Waals surface area contributed by atoms with Crippen LogP contribution in [0.4, 0.5) is 0 Å². The van der Waals surface area contributed by atoms with Crippen molar-refractivity contribution in [1.82, 2.24) is 15.1 Å². The molecule has 0 spiro atoms. The number of ether oxygens (including phenoxy) is 1. The Kier molecular flexibility index (Phi) is 10.7. The van der Waals surface area contributed by atoms with Gasteiger partial charge in [-0.25, -0.2) is 0 Å². The summed E-state index contributed by atoms with van der Waals surface area (Å²) in [6.45, 7) is 11.6. The van der Waals surface area contributed by atoms with Gasteiger partial charge in [-0.2, -0.15) is 0 Å². The smallest absolute Gasteiger partial charge is 0.194 e. The summed E-state index contributed by atoms with van der Waals surface area (Å²) in [6, 6.07) is 8.62. The van der Waals surface area contributed by atoms with Crippen LogP contribution < -0.4 is 5.32 Å². The molecule has 2 N–H and O–H groups in total. The Bertz CT molecular complexity index is 643. The molecular weight excluding hydrogens is 479 g/mol. The van der Waals surface area contributed by atoms with Gasteiger partial charge < -0.3 is 20.1 Å². The molecule has 0 amide bonds. The highest BCUT2D eigenvalue weighted by Crippen LogP contribution is 2.19. The summed E-state index contributed by atoms with van der Waals surface area (Å²) in [5.74, 6) is 1.49. The lowest BCUT2D eigenvalue weighted by Gasteiger charge is -2.30. The highest BCUT2D eigenvalue weighted by molar-refractivity contribution is 14.0. The SMILES string of the molecule is CCNC(=NCC(O)CN1CCc2ccccc2C1)N1CCC(COCC)C1.I. The fraction of sp³-hybridized carbons (Fsp3) is 0.682. The van der Waals surface area contributed by atoms with Crippen molar-refractivity contribution in [3.8, 4) is 0 Å². The van der Waals surface area contributed by atoms with Gasteiger partial charge in [-0.05, 0) is 37.8 Å². The van der Waals surface area contributed by atoms with E-state index < -0.39 is 6.10 Å². The van der Waals surface area contributed by atoms with Crippen LogP contribution in [0.2, 0.25) is 0 Å². The Morgan fingerprint density at radius 3 is 2.83 bits per heavy atom. The molecule has 1 fully saturated rings. The number of hydrogen-bond acceptors (Lipinski definition) is 4. The maximum atomic E-state index is 10.6. The number of rotatable bonds is 8. The first kappa shape index (κ1) is 24.4. The van der Waals surface area contributed by atoms with Crippen LogP contribution in [0, 0.1) is 5.92 Å². The Hall–Kier alpha value is -0.900. The van der Waals surface area contributed by atoms with Gasteiger partial charge in [0.2, 0.25) is 0 Å². The molecule has 6 nitrogen and oxygen atoms in total. The second-order valence-electron chi connectivity index (χ2n) is 7.86. The van der Waals surface area contributed by atoms with Crippen molar-refractivity contribution in [1.29, 1.82) is 0 Å².